The van der Waals surface area contributed by atoms with Crippen molar-refractivity contribution in [3.8, 4) is 11.5 Å². The molecule has 3 aromatic carbocycles. The lowest BCUT2D eigenvalue weighted by atomic mass is 10.0. The Hall–Kier alpha value is -3.76. The lowest BCUT2D eigenvalue weighted by Gasteiger charge is -2.32. The van der Waals surface area contributed by atoms with Crippen LogP contribution in [-0.2, 0) is 32.6 Å². The maximum Gasteiger partial charge on any atom is 0.243 e. The average molecular weight is 628 g/mol. The van der Waals surface area contributed by atoms with Gasteiger partial charge in [-0.3, -0.25) is 13.9 Å². The molecule has 3 aromatic rings. The summed E-state index contributed by atoms with van der Waals surface area (Å²) in [4.78, 5) is 29.0. The van der Waals surface area contributed by atoms with Crippen molar-refractivity contribution in [2.75, 3.05) is 30.3 Å². The first-order chi connectivity index (χ1) is 20.5. The van der Waals surface area contributed by atoms with Gasteiger partial charge in [-0.2, -0.15) is 0 Å². The molecule has 0 fully saturated rings. The molecule has 0 saturated heterocycles. The van der Waals surface area contributed by atoms with Crippen molar-refractivity contribution in [2.45, 2.75) is 51.7 Å². The number of ether oxygens (including phenoxy) is 2. The van der Waals surface area contributed by atoms with Crippen LogP contribution in [0.1, 0.15) is 37.8 Å². The monoisotopic (exact) mass is 627 g/mol. The van der Waals surface area contributed by atoms with Crippen molar-refractivity contribution in [3.05, 3.63) is 88.9 Å². The third-order valence-corrected chi connectivity index (χ3v) is 8.34. The van der Waals surface area contributed by atoms with Gasteiger partial charge < -0.3 is 19.7 Å². The second kappa shape index (κ2) is 14.6. The van der Waals surface area contributed by atoms with Crippen molar-refractivity contribution in [2.24, 2.45) is 0 Å². The molecule has 1 unspecified atom stereocenters. The number of anilines is 1. The zero-order chi connectivity index (χ0) is 31.0. The van der Waals surface area contributed by atoms with E-state index < -0.39 is 16.1 Å². The molecule has 11 heteroatoms. The fraction of sp³-hybridized carbons (Fsp3) is 0.375. The van der Waals surface area contributed by atoms with Gasteiger partial charge >= 0.3 is 0 Å². The highest BCUT2D eigenvalue weighted by Crippen LogP contribution is 2.35. The predicted molar refractivity (Wildman–Crippen MR) is 168 cm³/mol. The van der Waals surface area contributed by atoms with Crippen LogP contribution in [0.4, 0.5) is 5.69 Å². The molecule has 1 aliphatic rings. The summed E-state index contributed by atoms with van der Waals surface area (Å²) in [6.07, 6.45) is 1.70. The number of hydrogen-bond donors (Lipinski definition) is 1. The first-order valence-corrected chi connectivity index (χ1v) is 16.5. The summed E-state index contributed by atoms with van der Waals surface area (Å²) in [7, 11) is -3.67. The van der Waals surface area contributed by atoms with Gasteiger partial charge in [0.25, 0.3) is 0 Å². The van der Waals surface area contributed by atoms with Gasteiger partial charge in [0.15, 0.2) is 11.5 Å². The molecule has 1 heterocycles. The van der Waals surface area contributed by atoms with Gasteiger partial charge in [0.05, 0.1) is 11.9 Å². The number of rotatable bonds is 13. The molecule has 0 saturated carbocycles. The summed E-state index contributed by atoms with van der Waals surface area (Å²) in [6.45, 7) is 4.78. The van der Waals surface area contributed by atoms with Crippen molar-refractivity contribution in [3.63, 3.8) is 0 Å². The predicted octanol–water partition coefficient (Wildman–Crippen LogP) is 4.82. The topological polar surface area (TPSA) is 105 Å². The zero-order valence-corrected chi connectivity index (χ0v) is 26.2. The van der Waals surface area contributed by atoms with Crippen molar-refractivity contribution in [1.29, 1.82) is 0 Å². The van der Waals surface area contributed by atoms with E-state index in [1.807, 2.05) is 50.2 Å². The fourth-order valence-electron chi connectivity index (χ4n) is 4.96. The van der Waals surface area contributed by atoms with Gasteiger partial charge in [0.1, 0.15) is 19.3 Å². The Kier molecular flexibility index (Phi) is 10.9. The number of benzene rings is 3. The highest BCUT2D eigenvalue weighted by molar-refractivity contribution is 7.92. The van der Waals surface area contributed by atoms with Gasteiger partial charge in [-0.05, 0) is 55.7 Å². The number of fused-ring (bicyclic) bond motifs is 1. The Balaban J connectivity index is 1.57. The quantitative estimate of drug-likeness (QED) is 0.291. The van der Waals surface area contributed by atoms with Gasteiger partial charge in [-0.1, -0.05) is 54.1 Å². The van der Waals surface area contributed by atoms with Gasteiger partial charge in [0, 0.05) is 43.1 Å². The van der Waals surface area contributed by atoms with E-state index in [1.165, 1.54) is 4.31 Å². The van der Waals surface area contributed by atoms with Crippen molar-refractivity contribution < 1.29 is 27.5 Å². The standard InChI is InChI=1S/C32H38ClN3O6S/c1-23(2)34-32(38)28(20-24-9-5-4-6-10-24)35(22-25-11-7-12-26(33)19-25)31(37)13-8-16-36(43(3,39)40)27-14-15-29-30(21-27)42-18-17-41-29/h4-7,9-12,14-15,19,21,23,28H,8,13,16-18,20,22H2,1-3H3,(H,34,38). The lowest BCUT2D eigenvalue weighted by molar-refractivity contribution is -0.141. The number of nitrogens with one attached hydrogen (secondary N) is 1. The molecule has 9 nitrogen and oxygen atoms in total. The third kappa shape index (κ3) is 9.11. The summed E-state index contributed by atoms with van der Waals surface area (Å²) in [5.41, 5.74) is 2.12. The van der Waals surface area contributed by atoms with E-state index in [1.54, 1.807) is 41.3 Å². The molecular formula is C32H38ClN3O6S. The Bertz CT molecular complexity index is 1520. The summed E-state index contributed by atoms with van der Waals surface area (Å²) < 4.78 is 38.0. The molecule has 1 atom stereocenters. The van der Waals surface area contributed by atoms with Crippen molar-refractivity contribution >= 4 is 39.1 Å². The summed E-state index contributed by atoms with van der Waals surface area (Å²) in [5, 5.41) is 3.49. The van der Waals surface area contributed by atoms with E-state index in [0.717, 1.165) is 17.4 Å². The Morgan fingerprint density at radius 2 is 1.63 bits per heavy atom. The Morgan fingerprint density at radius 3 is 2.30 bits per heavy atom. The number of hydrogen-bond acceptors (Lipinski definition) is 6. The van der Waals surface area contributed by atoms with E-state index in [9.17, 15) is 18.0 Å². The molecule has 2 amide bonds. The van der Waals surface area contributed by atoms with Gasteiger partial charge in [-0.15, -0.1) is 0 Å². The molecule has 230 valence electrons. The van der Waals surface area contributed by atoms with Crippen LogP contribution in [0.5, 0.6) is 11.5 Å². The minimum absolute atomic E-state index is 0.0252. The summed E-state index contributed by atoms with van der Waals surface area (Å²) in [6, 6.07) is 20.8. The molecule has 0 spiro atoms. The van der Waals surface area contributed by atoms with Crippen LogP contribution >= 0.6 is 11.6 Å². The SMILES string of the molecule is CC(C)NC(=O)C(Cc1ccccc1)N(Cc1cccc(Cl)c1)C(=O)CCCN(c1ccc2c(c1)OCCO2)S(C)(=O)=O. The maximum atomic E-state index is 13.9. The van der Waals surface area contributed by atoms with Crippen LogP contribution in [0.15, 0.2) is 72.8 Å². The van der Waals surface area contributed by atoms with Gasteiger partial charge in [-0.25, -0.2) is 8.42 Å². The van der Waals surface area contributed by atoms with E-state index in [4.69, 9.17) is 21.1 Å². The third-order valence-electron chi connectivity index (χ3n) is 6.91. The smallest absolute Gasteiger partial charge is 0.243 e. The number of nitrogens with zero attached hydrogens (tertiary/aromatic N) is 2. The van der Waals surface area contributed by atoms with E-state index in [2.05, 4.69) is 5.32 Å². The first kappa shape index (κ1) is 32.2. The zero-order valence-electron chi connectivity index (χ0n) is 24.7. The molecule has 4 rings (SSSR count). The van der Waals surface area contributed by atoms with Crippen LogP contribution in [0.25, 0.3) is 0 Å². The average Bonchev–Trinajstić information content (AvgIpc) is 2.96. The molecule has 1 aliphatic heterocycles. The number of amides is 2. The van der Waals surface area contributed by atoms with Crippen LogP contribution in [-0.4, -0.2) is 63.2 Å². The summed E-state index contributed by atoms with van der Waals surface area (Å²) >= 11 is 6.25. The van der Waals surface area contributed by atoms with Gasteiger partial charge in [0.2, 0.25) is 21.8 Å². The van der Waals surface area contributed by atoms with Crippen LogP contribution in [0, 0.1) is 0 Å². The minimum Gasteiger partial charge on any atom is -0.486 e. The molecule has 0 radical (unpaired) electrons. The molecule has 43 heavy (non-hydrogen) atoms. The lowest BCUT2D eigenvalue weighted by Crippen LogP contribution is -2.51. The van der Waals surface area contributed by atoms with E-state index >= 15 is 0 Å². The molecule has 0 aliphatic carbocycles. The molecule has 0 bridgehead atoms. The van der Waals surface area contributed by atoms with E-state index in [0.29, 0.717) is 41.8 Å². The Morgan fingerprint density at radius 1 is 0.930 bits per heavy atom. The number of carbonyl (C=O) groups excluding carboxylic acids is 2. The van der Waals surface area contributed by atoms with E-state index in [-0.39, 0.29) is 43.8 Å². The summed E-state index contributed by atoms with van der Waals surface area (Å²) in [5.74, 6) is 0.499. The van der Waals surface area contributed by atoms with Crippen LogP contribution < -0.4 is 19.1 Å². The first-order valence-electron chi connectivity index (χ1n) is 14.3. The second-order valence-electron chi connectivity index (χ2n) is 10.8. The molecular weight excluding hydrogens is 590 g/mol. The van der Waals surface area contributed by atoms with Crippen LogP contribution in [0.2, 0.25) is 5.02 Å². The fourth-order valence-corrected chi connectivity index (χ4v) is 6.13. The largest absolute Gasteiger partial charge is 0.486 e. The molecule has 0 aromatic heterocycles. The number of sulfonamides is 1. The number of carbonyl (C=O) groups is 2. The number of halogens is 1. The highest BCUT2D eigenvalue weighted by Gasteiger charge is 2.31. The normalized spacial score (nSPS) is 13.3. The maximum absolute atomic E-state index is 13.9. The highest BCUT2D eigenvalue weighted by atomic mass is 35.5. The molecule has 1 N–H and O–H groups in total. The van der Waals surface area contributed by atoms with Crippen LogP contribution in [0.3, 0.4) is 0 Å². The van der Waals surface area contributed by atoms with Crippen molar-refractivity contribution in [1.82, 2.24) is 10.2 Å². The second-order valence-corrected chi connectivity index (χ2v) is 13.1. The Labute approximate surface area is 258 Å². The minimum atomic E-state index is -3.67.